The van der Waals surface area contributed by atoms with Gasteiger partial charge >= 0.3 is 0 Å². The molecule has 0 N–H and O–H groups in total. The fourth-order valence-corrected chi connectivity index (χ4v) is 1.37. The molecule has 0 bridgehead atoms. The number of unbranched alkanes of at least 4 members (excludes halogenated alkanes) is 2. The molecule has 0 aromatic rings. The van der Waals surface area contributed by atoms with Crippen LogP contribution in [0.15, 0.2) is 0 Å². The molecular weight excluding hydrogens is 187 g/mol. The molecular formula is C5H11F5S. The Kier molecular flexibility index (Phi) is 2.24. The number of hydrogen-bond donors (Lipinski definition) is 0. The van der Waals surface area contributed by atoms with Crippen molar-refractivity contribution < 1.29 is 19.4 Å². The van der Waals surface area contributed by atoms with Crippen LogP contribution < -0.4 is 0 Å². The van der Waals surface area contributed by atoms with E-state index in [1.54, 1.807) is 6.92 Å². The molecule has 0 saturated heterocycles. The van der Waals surface area contributed by atoms with E-state index < -0.39 is 22.4 Å². The van der Waals surface area contributed by atoms with Crippen molar-refractivity contribution in [2.75, 3.05) is 5.75 Å². The second kappa shape index (κ2) is 2.24. The van der Waals surface area contributed by atoms with E-state index in [0.717, 1.165) is 0 Å². The maximum absolute atomic E-state index is 11.5. The van der Waals surface area contributed by atoms with Gasteiger partial charge in [-0.3, -0.25) is 0 Å². The first-order valence-electron chi connectivity index (χ1n) is 3.27. The molecule has 0 aliphatic carbocycles. The summed E-state index contributed by atoms with van der Waals surface area (Å²) >= 11 is 0. The number of hydrogen-bond acceptors (Lipinski definition) is 0. The summed E-state index contributed by atoms with van der Waals surface area (Å²) in [6.07, 6.45) is 0.244. The van der Waals surface area contributed by atoms with E-state index in [0.29, 0.717) is 6.42 Å². The first-order chi connectivity index (χ1) is 4.54. The van der Waals surface area contributed by atoms with E-state index in [1.165, 1.54) is 0 Å². The van der Waals surface area contributed by atoms with Gasteiger partial charge in [0.1, 0.15) is 0 Å². The fourth-order valence-electron chi connectivity index (χ4n) is 0.625. The van der Waals surface area contributed by atoms with Crippen LogP contribution in [0.25, 0.3) is 0 Å². The first kappa shape index (κ1) is 11.0. The summed E-state index contributed by atoms with van der Waals surface area (Å²) in [6.45, 7) is 1.66. The van der Waals surface area contributed by atoms with Crippen LogP contribution >= 0.6 is 10.2 Å². The van der Waals surface area contributed by atoms with Gasteiger partial charge in [0, 0.05) is 0 Å². The van der Waals surface area contributed by atoms with Crippen LogP contribution in [0, 0.1) is 0 Å². The molecule has 0 atom stereocenters. The minimum Gasteiger partial charge on any atom is -0.0978 e. The molecule has 0 unspecified atom stereocenters. The Balaban J connectivity index is 3.95. The highest BCUT2D eigenvalue weighted by molar-refractivity contribution is 8.45. The van der Waals surface area contributed by atoms with Crippen molar-refractivity contribution >= 4 is 10.2 Å². The maximum atomic E-state index is 11.5. The van der Waals surface area contributed by atoms with Crippen molar-refractivity contribution in [1.82, 2.24) is 0 Å². The fraction of sp³-hybridized carbons (Fsp3) is 1.00. The quantitative estimate of drug-likeness (QED) is 0.461. The molecule has 0 fully saturated rings. The van der Waals surface area contributed by atoms with Gasteiger partial charge in [0.05, 0.1) is 5.75 Å². The molecule has 0 aromatic carbocycles. The maximum Gasteiger partial charge on any atom is 0.285 e. The van der Waals surface area contributed by atoms with Gasteiger partial charge in [-0.1, -0.05) is 39.2 Å². The molecule has 11 heavy (non-hydrogen) atoms. The summed E-state index contributed by atoms with van der Waals surface area (Å²) in [7, 11) is -9.08. The normalized spacial score (nSPS) is 19.1. The minimum absolute atomic E-state index is 0.200. The molecule has 0 saturated carbocycles. The average molecular weight is 198 g/mol. The summed E-state index contributed by atoms with van der Waals surface area (Å²) in [5.41, 5.74) is 0. The molecule has 0 aliphatic heterocycles. The Morgan fingerprint density at radius 1 is 0.909 bits per heavy atom. The van der Waals surface area contributed by atoms with Crippen LogP contribution in [-0.4, -0.2) is 5.75 Å². The smallest absolute Gasteiger partial charge is 0.0978 e. The molecule has 0 spiro atoms. The first-order valence-corrected chi connectivity index (χ1v) is 5.39. The number of rotatable bonds is 4. The Bertz CT molecular complexity index is 131. The highest BCUT2D eigenvalue weighted by Crippen LogP contribution is 2.97. The molecule has 0 radical (unpaired) electrons. The third-order valence-corrected chi connectivity index (χ3v) is 2.19. The van der Waals surface area contributed by atoms with Crippen molar-refractivity contribution in [3.05, 3.63) is 0 Å². The zero-order valence-corrected chi connectivity index (χ0v) is 6.94. The van der Waals surface area contributed by atoms with Crippen molar-refractivity contribution in [2.45, 2.75) is 26.2 Å². The van der Waals surface area contributed by atoms with Crippen LogP contribution in [0.4, 0.5) is 19.4 Å². The zero-order valence-electron chi connectivity index (χ0n) is 6.13. The lowest BCUT2D eigenvalue weighted by atomic mass is 10.3. The van der Waals surface area contributed by atoms with E-state index in [-0.39, 0.29) is 6.42 Å². The molecule has 0 aromatic heterocycles. The summed E-state index contributed by atoms with van der Waals surface area (Å²) in [6, 6.07) is 0. The SMILES string of the molecule is CCCCCS(F)(F)(F)(F)F. The van der Waals surface area contributed by atoms with Crippen molar-refractivity contribution in [2.24, 2.45) is 0 Å². The molecule has 0 amide bonds. The van der Waals surface area contributed by atoms with E-state index >= 15 is 0 Å². The summed E-state index contributed by atoms with van der Waals surface area (Å²) in [4.78, 5) is 0. The van der Waals surface area contributed by atoms with Crippen molar-refractivity contribution in [3.63, 3.8) is 0 Å². The molecule has 0 heterocycles. The topological polar surface area (TPSA) is 0 Å². The molecule has 72 valence electrons. The Labute approximate surface area is 62.5 Å². The Morgan fingerprint density at radius 3 is 1.64 bits per heavy atom. The summed E-state index contributed by atoms with van der Waals surface area (Å²) in [5, 5.41) is 0. The summed E-state index contributed by atoms with van der Waals surface area (Å²) < 4.78 is 57.7. The standard InChI is InChI=1S/C5H11F5S/c1-2-3-4-5-11(6,7,8,9)10/h2-5H2,1H3. The second-order valence-electron chi connectivity index (χ2n) is 2.54. The molecule has 0 aliphatic rings. The van der Waals surface area contributed by atoms with Gasteiger partial charge in [-0.15, -0.1) is 0 Å². The third kappa shape index (κ3) is 10.0. The van der Waals surface area contributed by atoms with Gasteiger partial charge in [0.2, 0.25) is 0 Å². The van der Waals surface area contributed by atoms with Crippen LogP contribution in [-0.2, 0) is 0 Å². The summed E-state index contributed by atoms with van der Waals surface area (Å²) in [5.74, 6) is -1.91. The Hall–Kier alpha value is -0.0000000000000000555. The van der Waals surface area contributed by atoms with E-state index in [2.05, 4.69) is 0 Å². The lowest BCUT2D eigenvalue weighted by molar-refractivity contribution is 0.361. The monoisotopic (exact) mass is 198 g/mol. The molecule has 0 nitrogen and oxygen atoms in total. The third-order valence-electron chi connectivity index (χ3n) is 1.13. The highest BCUT2D eigenvalue weighted by Gasteiger charge is 2.62. The van der Waals surface area contributed by atoms with Crippen LogP contribution in [0.5, 0.6) is 0 Å². The van der Waals surface area contributed by atoms with Crippen molar-refractivity contribution in [1.29, 1.82) is 0 Å². The van der Waals surface area contributed by atoms with Crippen LogP contribution in [0.2, 0.25) is 0 Å². The Morgan fingerprint density at radius 2 is 1.36 bits per heavy atom. The van der Waals surface area contributed by atoms with Crippen LogP contribution in [0.3, 0.4) is 0 Å². The molecule has 0 rings (SSSR count). The molecule has 6 heteroatoms. The van der Waals surface area contributed by atoms with E-state index in [1.807, 2.05) is 0 Å². The van der Waals surface area contributed by atoms with Gasteiger partial charge in [0.25, 0.3) is 10.2 Å². The van der Waals surface area contributed by atoms with Gasteiger partial charge in [0.15, 0.2) is 0 Å². The zero-order chi connectivity index (χ0) is 9.24. The lowest BCUT2D eigenvalue weighted by Crippen LogP contribution is -2.10. The van der Waals surface area contributed by atoms with Gasteiger partial charge in [-0.25, -0.2) is 0 Å². The minimum atomic E-state index is -9.08. The highest BCUT2D eigenvalue weighted by atomic mass is 32.5. The van der Waals surface area contributed by atoms with Gasteiger partial charge in [-0.2, -0.15) is 0 Å². The van der Waals surface area contributed by atoms with E-state index in [9.17, 15) is 19.4 Å². The van der Waals surface area contributed by atoms with Gasteiger partial charge in [-0.05, 0) is 6.42 Å². The predicted octanol–water partition coefficient (Wildman–Crippen LogP) is 4.48. The number of halogens is 5. The van der Waals surface area contributed by atoms with E-state index in [4.69, 9.17) is 0 Å². The average Bonchev–Trinajstić information content (AvgIpc) is 1.59. The van der Waals surface area contributed by atoms with Crippen molar-refractivity contribution in [3.8, 4) is 0 Å². The largest absolute Gasteiger partial charge is 0.285 e. The predicted molar refractivity (Wildman–Crippen MR) is 37.5 cm³/mol. The van der Waals surface area contributed by atoms with Gasteiger partial charge < -0.3 is 0 Å². The van der Waals surface area contributed by atoms with Crippen LogP contribution in [0.1, 0.15) is 26.2 Å². The lowest BCUT2D eigenvalue weighted by Gasteiger charge is -2.40. The second-order valence-corrected chi connectivity index (χ2v) is 5.21.